The van der Waals surface area contributed by atoms with Crippen LogP contribution in [-0.2, 0) is 19.1 Å². The van der Waals surface area contributed by atoms with Gasteiger partial charge in [-0.3, -0.25) is 5.21 Å². The molecule has 8 nitrogen and oxygen atoms in total. The molecule has 1 aliphatic rings. The first kappa shape index (κ1) is 20.9. The van der Waals surface area contributed by atoms with Gasteiger partial charge in [-0.15, -0.1) is 0 Å². The number of carbonyl (C=O) groups excluding carboxylic acids is 2. The number of anilines is 1. The van der Waals surface area contributed by atoms with Gasteiger partial charge in [-0.25, -0.2) is 9.59 Å². The number of rotatable bonds is 6. The second-order valence-corrected chi connectivity index (χ2v) is 6.26. The summed E-state index contributed by atoms with van der Waals surface area (Å²) < 4.78 is 10.1. The Morgan fingerprint density at radius 2 is 2.04 bits per heavy atom. The molecule has 0 saturated carbocycles. The maximum absolute atomic E-state index is 12.7. The lowest BCUT2D eigenvalue weighted by molar-refractivity contribution is -0.139. The Morgan fingerprint density at radius 1 is 1.33 bits per heavy atom. The summed E-state index contributed by atoms with van der Waals surface area (Å²) in [6, 6.07) is 6.02. The average Bonchev–Trinajstić information content (AvgIpc) is 2.66. The van der Waals surface area contributed by atoms with Crippen molar-refractivity contribution in [2.75, 3.05) is 24.3 Å². The van der Waals surface area contributed by atoms with Crippen molar-refractivity contribution in [1.29, 1.82) is 0 Å². The van der Waals surface area contributed by atoms with Gasteiger partial charge in [0.15, 0.2) is 0 Å². The van der Waals surface area contributed by atoms with E-state index in [1.54, 1.807) is 26.0 Å². The molecule has 0 fully saturated rings. The molecule has 27 heavy (non-hydrogen) atoms. The summed E-state index contributed by atoms with van der Waals surface area (Å²) in [4.78, 5) is 25.2. The van der Waals surface area contributed by atoms with Crippen molar-refractivity contribution in [3.63, 3.8) is 0 Å². The summed E-state index contributed by atoms with van der Waals surface area (Å²) in [5.41, 5.74) is 1.94. The minimum atomic E-state index is -0.829. The number of esters is 2. The number of methoxy groups -OCH3 is 1. The Bertz CT molecular complexity index is 803. The third-order valence-electron chi connectivity index (χ3n) is 4.10. The summed E-state index contributed by atoms with van der Waals surface area (Å²) in [6.07, 6.45) is 0. The van der Waals surface area contributed by atoms with Crippen molar-refractivity contribution >= 4 is 33.6 Å². The van der Waals surface area contributed by atoms with Crippen molar-refractivity contribution in [3.8, 4) is 0 Å². The molecule has 9 heteroatoms. The van der Waals surface area contributed by atoms with Gasteiger partial charge in [0.2, 0.25) is 0 Å². The van der Waals surface area contributed by atoms with E-state index in [2.05, 4.69) is 21.2 Å². The second kappa shape index (κ2) is 9.03. The molecule has 0 unspecified atom stereocenters. The zero-order chi connectivity index (χ0) is 20.1. The number of hydrogen-bond acceptors (Lipinski definition) is 8. The van der Waals surface area contributed by atoms with Gasteiger partial charge in [0.25, 0.3) is 0 Å². The monoisotopic (exact) mass is 439 g/mol. The molecule has 1 aromatic carbocycles. The highest BCUT2D eigenvalue weighted by Crippen LogP contribution is 2.40. The Labute approximate surface area is 165 Å². The van der Waals surface area contributed by atoms with E-state index in [0.29, 0.717) is 22.3 Å². The fourth-order valence-corrected chi connectivity index (χ4v) is 3.43. The summed E-state index contributed by atoms with van der Waals surface area (Å²) in [6.45, 7) is 3.53. The standard InChI is InChI=1S/C18H20BrN2O6/c1-4-27-18(23)16-13(9-19)20-10(2)14(17(22)26-3)15(16)11-6-5-7-12(8-11)21(24)25/h5-8,15,20,24H,4,9H2,1-3H3/q-1/t15-/m1/s1. The number of nitrogens with one attached hydrogen (secondary N) is 1. The fraction of sp³-hybridized carbons (Fsp3) is 0.333. The van der Waals surface area contributed by atoms with Crippen molar-refractivity contribution in [3.05, 3.63) is 57.6 Å². The zero-order valence-corrected chi connectivity index (χ0v) is 16.7. The normalized spacial score (nSPS) is 16.7. The molecule has 2 N–H and O–H groups in total. The Kier molecular flexibility index (Phi) is 7.00. The lowest BCUT2D eigenvalue weighted by atomic mass is 9.80. The molecule has 146 valence electrons. The smallest absolute Gasteiger partial charge is 0.336 e. The van der Waals surface area contributed by atoms with Crippen LogP contribution in [0.3, 0.4) is 0 Å². The Morgan fingerprint density at radius 3 is 2.59 bits per heavy atom. The minimum Gasteiger partial charge on any atom is -0.733 e. The lowest BCUT2D eigenvalue weighted by Crippen LogP contribution is -2.33. The molecule has 0 amide bonds. The third kappa shape index (κ3) is 4.32. The molecule has 0 aromatic heterocycles. The predicted molar refractivity (Wildman–Crippen MR) is 102 cm³/mol. The first-order valence-electron chi connectivity index (χ1n) is 8.13. The molecule has 0 saturated heterocycles. The van der Waals surface area contributed by atoms with E-state index in [0.717, 1.165) is 0 Å². The average molecular weight is 440 g/mol. The van der Waals surface area contributed by atoms with E-state index in [1.165, 1.54) is 19.2 Å². The van der Waals surface area contributed by atoms with Crippen LogP contribution in [0.2, 0.25) is 0 Å². The number of nitrogens with zero attached hydrogens (tertiary/aromatic N) is 1. The van der Waals surface area contributed by atoms with Gasteiger partial charge in [0.1, 0.15) is 0 Å². The Hall–Kier alpha value is -2.36. The summed E-state index contributed by atoms with van der Waals surface area (Å²) >= 11 is 3.34. The maximum atomic E-state index is 12.7. The van der Waals surface area contributed by atoms with E-state index in [9.17, 15) is 20.0 Å². The van der Waals surface area contributed by atoms with Gasteiger partial charge in [0, 0.05) is 16.7 Å². The first-order chi connectivity index (χ1) is 12.8. The van der Waals surface area contributed by atoms with E-state index in [-0.39, 0.29) is 28.7 Å². The largest absolute Gasteiger partial charge is 0.733 e. The summed E-state index contributed by atoms with van der Waals surface area (Å²) in [5, 5.41) is 23.6. The van der Waals surface area contributed by atoms with Crippen molar-refractivity contribution < 1.29 is 24.3 Å². The molecule has 0 aliphatic carbocycles. The van der Waals surface area contributed by atoms with Crippen LogP contribution in [0.4, 0.5) is 5.69 Å². The topological polar surface area (TPSA) is 111 Å². The number of allylic oxidation sites excluding steroid dienone is 2. The SMILES string of the molecule is CCOC(=O)C1=C(CBr)NC(C)=C(C(=O)OC)[C@H]1c1cccc(N([O-])O)c1. The molecule has 1 aliphatic heterocycles. The van der Waals surface area contributed by atoms with Crippen LogP contribution in [0.1, 0.15) is 25.3 Å². The third-order valence-corrected chi connectivity index (χ3v) is 4.66. The van der Waals surface area contributed by atoms with Crippen LogP contribution in [0, 0.1) is 5.21 Å². The molecular weight excluding hydrogens is 420 g/mol. The number of halogens is 1. The van der Waals surface area contributed by atoms with E-state index >= 15 is 0 Å². The number of benzene rings is 1. The minimum absolute atomic E-state index is 0.0310. The lowest BCUT2D eigenvalue weighted by Gasteiger charge is -2.31. The van der Waals surface area contributed by atoms with Gasteiger partial charge in [0.05, 0.1) is 36.5 Å². The van der Waals surface area contributed by atoms with E-state index in [1.807, 2.05) is 0 Å². The van der Waals surface area contributed by atoms with Gasteiger partial charge >= 0.3 is 11.9 Å². The van der Waals surface area contributed by atoms with Gasteiger partial charge in [-0.2, -0.15) is 0 Å². The van der Waals surface area contributed by atoms with Crippen LogP contribution in [0.25, 0.3) is 0 Å². The quantitative estimate of drug-likeness (QED) is 0.395. The van der Waals surface area contributed by atoms with Gasteiger partial charge in [-0.05, 0) is 31.5 Å². The summed E-state index contributed by atoms with van der Waals surface area (Å²) in [7, 11) is 1.25. The molecule has 1 heterocycles. The fourth-order valence-electron chi connectivity index (χ4n) is 2.99. The molecule has 2 rings (SSSR count). The van der Waals surface area contributed by atoms with Crippen LogP contribution in [-0.4, -0.2) is 36.2 Å². The molecule has 1 aromatic rings. The summed E-state index contributed by atoms with van der Waals surface area (Å²) in [5.74, 6) is -2.04. The number of carbonyl (C=O) groups is 2. The van der Waals surface area contributed by atoms with Gasteiger partial charge < -0.3 is 25.2 Å². The predicted octanol–water partition coefficient (Wildman–Crippen LogP) is 2.73. The second-order valence-electron chi connectivity index (χ2n) is 5.70. The van der Waals surface area contributed by atoms with Crippen LogP contribution >= 0.6 is 15.9 Å². The number of alkyl halides is 1. The molecule has 0 radical (unpaired) electrons. The van der Waals surface area contributed by atoms with Gasteiger partial charge in [-0.1, -0.05) is 28.1 Å². The van der Waals surface area contributed by atoms with E-state index < -0.39 is 17.9 Å². The molecular formula is C18H20BrN2O6-. The molecule has 0 bridgehead atoms. The molecule has 0 spiro atoms. The highest BCUT2D eigenvalue weighted by Gasteiger charge is 2.38. The van der Waals surface area contributed by atoms with Crippen LogP contribution < -0.4 is 10.5 Å². The maximum Gasteiger partial charge on any atom is 0.336 e. The highest BCUT2D eigenvalue weighted by atomic mass is 79.9. The first-order valence-corrected chi connectivity index (χ1v) is 9.26. The highest BCUT2D eigenvalue weighted by molar-refractivity contribution is 9.09. The zero-order valence-electron chi connectivity index (χ0n) is 15.1. The van der Waals surface area contributed by atoms with Crippen molar-refractivity contribution in [2.24, 2.45) is 0 Å². The Balaban J connectivity index is 2.73. The number of hydrogen-bond donors (Lipinski definition) is 2. The number of dihydropyridines is 1. The van der Waals surface area contributed by atoms with Crippen LogP contribution in [0.15, 0.2) is 46.8 Å². The van der Waals surface area contributed by atoms with Crippen molar-refractivity contribution in [1.82, 2.24) is 5.32 Å². The van der Waals surface area contributed by atoms with Crippen LogP contribution in [0.5, 0.6) is 0 Å². The molecule has 1 atom stereocenters. The number of ether oxygens (including phenoxy) is 2. The van der Waals surface area contributed by atoms with E-state index in [4.69, 9.17) is 9.47 Å². The van der Waals surface area contributed by atoms with Crippen molar-refractivity contribution in [2.45, 2.75) is 19.8 Å².